The van der Waals surface area contributed by atoms with E-state index < -0.39 is 11.2 Å². The van der Waals surface area contributed by atoms with Crippen molar-refractivity contribution in [2.24, 2.45) is 19.2 Å². The maximum Gasteiger partial charge on any atom is 0.332 e. The molecule has 2 aromatic heterocycles. The van der Waals surface area contributed by atoms with Crippen LogP contribution in [0.5, 0.6) is 0 Å². The van der Waals surface area contributed by atoms with Crippen molar-refractivity contribution < 1.29 is 0 Å². The van der Waals surface area contributed by atoms with Gasteiger partial charge in [0.15, 0.2) is 11.2 Å². The van der Waals surface area contributed by atoms with Crippen LogP contribution in [0.15, 0.2) is 56.1 Å². The average Bonchev–Trinajstić information content (AvgIpc) is 3.06. The van der Waals surface area contributed by atoms with Gasteiger partial charge in [-0.05, 0) is 19.4 Å². The second kappa shape index (κ2) is 7.85. The maximum atomic E-state index is 12.7. The van der Waals surface area contributed by atoms with Crippen molar-refractivity contribution in [1.82, 2.24) is 18.7 Å². The van der Waals surface area contributed by atoms with Crippen LogP contribution >= 0.6 is 11.6 Å². The first-order chi connectivity index (χ1) is 13.3. The maximum absolute atomic E-state index is 12.7. The zero-order valence-corrected chi connectivity index (χ0v) is 16.9. The van der Waals surface area contributed by atoms with Crippen molar-refractivity contribution in [3.63, 3.8) is 0 Å². The molecule has 0 amide bonds. The fraction of sp³-hybridized carbons (Fsp3) is 0.263. The Morgan fingerprint density at radius 1 is 1.18 bits per heavy atom. The monoisotopic (exact) mass is 400 g/mol. The normalized spacial score (nSPS) is 12.6. The number of hydrogen-bond acceptors (Lipinski definition) is 5. The molecule has 0 saturated heterocycles. The Morgan fingerprint density at radius 3 is 2.50 bits per heavy atom. The molecule has 1 N–H and O–H groups in total. The number of anilines is 1. The molecule has 0 atom stereocenters. The fourth-order valence-electron chi connectivity index (χ4n) is 2.80. The third kappa shape index (κ3) is 3.63. The molecule has 2 heterocycles. The average molecular weight is 401 g/mol. The zero-order valence-electron chi connectivity index (χ0n) is 16.1. The summed E-state index contributed by atoms with van der Waals surface area (Å²) >= 11 is 5.97. The van der Waals surface area contributed by atoms with Crippen molar-refractivity contribution >= 4 is 34.4 Å². The van der Waals surface area contributed by atoms with Crippen LogP contribution in [0.4, 0.5) is 5.95 Å². The molecule has 3 rings (SSSR count). The first-order valence-corrected chi connectivity index (χ1v) is 9.03. The highest BCUT2D eigenvalue weighted by atomic mass is 35.5. The quantitative estimate of drug-likeness (QED) is 0.526. The summed E-state index contributed by atoms with van der Waals surface area (Å²) in [4.78, 5) is 29.4. The number of aryl methyl sites for hydroxylation is 1. The minimum Gasteiger partial charge on any atom is -0.299 e. The van der Waals surface area contributed by atoms with Crippen molar-refractivity contribution in [1.29, 1.82) is 0 Å². The highest BCUT2D eigenvalue weighted by Gasteiger charge is 2.18. The first kappa shape index (κ1) is 19.6. The molecule has 8 nitrogen and oxygen atoms in total. The number of hydrazone groups is 1. The summed E-state index contributed by atoms with van der Waals surface area (Å²) in [6.07, 6.45) is 1.76. The lowest BCUT2D eigenvalue weighted by molar-refractivity contribution is 0.703. The van der Waals surface area contributed by atoms with Gasteiger partial charge in [0.1, 0.15) is 0 Å². The van der Waals surface area contributed by atoms with E-state index in [1.807, 2.05) is 37.3 Å². The van der Waals surface area contributed by atoms with Crippen LogP contribution in [-0.2, 0) is 20.6 Å². The molecule has 1 aromatic carbocycles. The predicted octanol–water partition coefficient (Wildman–Crippen LogP) is 2.41. The Bertz CT molecular complexity index is 1200. The SMILES string of the molecule is CC(Cl)=CCn1c(NN=C(C)c2ccccc2)nc2c1c(=O)n(C)c(=O)n2C. The summed E-state index contributed by atoms with van der Waals surface area (Å²) in [7, 11) is 3.02. The minimum absolute atomic E-state index is 0.281. The summed E-state index contributed by atoms with van der Waals surface area (Å²) in [6, 6.07) is 9.68. The van der Waals surface area contributed by atoms with Gasteiger partial charge >= 0.3 is 5.69 Å². The number of halogens is 1. The zero-order chi connectivity index (χ0) is 20.4. The second-order valence-corrected chi connectivity index (χ2v) is 6.99. The van der Waals surface area contributed by atoms with E-state index in [4.69, 9.17) is 11.6 Å². The Balaban J connectivity index is 2.16. The van der Waals surface area contributed by atoms with Crippen LogP contribution in [-0.4, -0.2) is 24.4 Å². The molecule has 0 aliphatic heterocycles. The molecule has 0 radical (unpaired) electrons. The topological polar surface area (TPSA) is 86.2 Å². The molecule has 0 unspecified atom stereocenters. The van der Waals surface area contributed by atoms with Gasteiger partial charge in [0.2, 0.25) is 5.95 Å². The molecule has 0 aliphatic carbocycles. The standard InChI is InChI=1S/C19H21ClN6O2/c1-12(20)10-11-26-15-16(24(3)19(28)25(4)17(15)27)21-18(26)23-22-13(2)14-8-6-5-7-9-14/h5-10H,11H2,1-4H3,(H,21,23). The lowest BCUT2D eigenvalue weighted by atomic mass is 10.1. The highest BCUT2D eigenvalue weighted by Crippen LogP contribution is 2.17. The molecular weight excluding hydrogens is 380 g/mol. The molecule has 28 heavy (non-hydrogen) atoms. The van der Waals surface area contributed by atoms with E-state index in [2.05, 4.69) is 15.5 Å². The summed E-state index contributed by atoms with van der Waals surface area (Å²) < 4.78 is 4.05. The van der Waals surface area contributed by atoms with E-state index in [1.165, 1.54) is 11.6 Å². The number of nitrogens with zero attached hydrogens (tertiary/aromatic N) is 5. The van der Waals surface area contributed by atoms with Crippen LogP contribution < -0.4 is 16.7 Å². The molecule has 3 aromatic rings. The molecule has 146 valence electrons. The number of hydrogen-bond donors (Lipinski definition) is 1. The number of imidazole rings is 1. The van der Waals surface area contributed by atoms with Crippen LogP contribution in [0.25, 0.3) is 11.2 Å². The van der Waals surface area contributed by atoms with Gasteiger partial charge in [-0.25, -0.2) is 10.2 Å². The van der Waals surface area contributed by atoms with Gasteiger partial charge in [0, 0.05) is 25.7 Å². The van der Waals surface area contributed by atoms with Crippen molar-refractivity contribution in [3.05, 3.63) is 67.8 Å². The summed E-state index contributed by atoms with van der Waals surface area (Å²) in [6.45, 7) is 3.92. The Kier molecular flexibility index (Phi) is 5.51. The van der Waals surface area contributed by atoms with Crippen molar-refractivity contribution in [3.8, 4) is 0 Å². The van der Waals surface area contributed by atoms with E-state index >= 15 is 0 Å². The summed E-state index contributed by atoms with van der Waals surface area (Å²) in [5.74, 6) is 0.345. The molecule has 9 heteroatoms. The van der Waals surface area contributed by atoms with Gasteiger partial charge in [0.05, 0.1) is 5.71 Å². The third-order valence-electron chi connectivity index (χ3n) is 4.42. The summed E-state index contributed by atoms with van der Waals surface area (Å²) in [5.41, 5.74) is 4.34. The largest absolute Gasteiger partial charge is 0.332 e. The molecule has 0 aliphatic rings. The second-order valence-electron chi connectivity index (χ2n) is 6.39. The Morgan fingerprint density at radius 2 is 1.86 bits per heavy atom. The molecule has 0 spiro atoms. The van der Waals surface area contributed by atoms with Crippen LogP contribution in [0.1, 0.15) is 19.4 Å². The number of rotatable bonds is 5. The lowest BCUT2D eigenvalue weighted by Gasteiger charge is -2.07. The highest BCUT2D eigenvalue weighted by molar-refractivity contribution is 6.29. The number of nitrogens with one attached hydrogen (secondary N) is 1. The predicted molar refractivity (Wildman–Crippen MR) is 112 cm³/mol. The van der Waals surface area contributed by atoms with Gasteiger partial charge in [-0.1, -0.05) is 48.0 Å². The van der Waals surface area contributed by atoms with E-state index in [1.54, 1.807) is 24.6 Å². The van der Waals surface area contributed by atoms with Gasteiger partial charge in [-0.15, -0.1) is 0 Å². The van der Waals surface area contributed by atoms with Crippen LogP contribution in [0.2, 0.25) is 0 Å². The number of allylic oxidation sites excluding steroid dienone is 2. The van der Waals surface area contributed by atoms with E-state index in [-0.39, 0.29) is 5.65 Å². The Labute approximate surface area is 166 Å². The van der Waals surface area contributed by atoms with Gasteiger partial charge in [0.25, 0.3) is 5.56 Å². The summed E-state index contributed by atoms with van der Waals surface area (Å²) in [5, 5.41) is 4.97. The van der Waals surface area contributed by atoms with Crippen molar-refractivity contribution in [2.45, 2.75) is 20.4 Å². The third-order valence-corrected chi connectivity index (χ3v) is 4.57. The smallest absolute Gasteiger partial charge is 0.299 e. The molecular formula is C19H21ClN6O2. The van der Waals surface area contributed by atoms with E-state index in [9.17, 15) is 9.59 Å². The fourth-order valence-corrected chi connectivity index (χ4v) is 2.87. The van der Waals surface area contributed by atoms with Crippen LogP contribution in [0.3, 0.4) is 0 Å². The number of aromatic nitrogens is 4. The van der Waals surface area contributed by atoms with E-state index in [0.717, 1.165) is 15.8 Å². The lowest BCUT2D eigenvalue weighted by Crippen LogP contribution is -2.37. The van der Waals surface area contributed by atoms with Crippen molar-refractivity contribution in [2.75, 3.05) is 5.43 Å². The molecule has 0 bridgehead atoms. The van der Waals surface area contributed by atoms with E-state index in [0.29, 0.717) is 23.0 Å². The molecule has 0 fully saturated rings. The Hall–Kier alpha value is -3.13. The number of benzene rings is 1. The van der Waals surface area contributed by atoms with Gasteiger partial charge < -0.3 is 0 Å². The molecule has 0 saturated carbocycles. The van der Waals surface area contributed by atoms with Gasteiger partial charge in [-0.2, -0.15) is 10.1 Å². The minimum atomic E-state index is -0.443. The number of fused-ring (bicyclic) bond motifs is 1. The first-order valence-electron chi connectivity index (χ1n) is 8.65. The van der Waals surface area contributed by atoms with Gasteiger partial charge in [-0.3, -0.25) is 18.5 Å². The van der Waals surface area contributed by atoms with Crippen LogP contribution in [0, 0.1) is 0 Å².